The van der Waals surface area contributed by atoms with Gasteiger partial charge in [0.15, 0.2) is 0 Å². The van der Waals surface area contributed by atoms with Crippen molar-refractivity contribution >= 4 is 0 Å². The summed E-state index contributed by atoms with van der Waals surface area (Å²) in [6.07, 6.45) is 10.3. The van der Waals surface area contributed by atoms with Gasteiger partial charge in [-0.05, 0) is 44.8 Å². The van der Waals surface area contributed by atoms with Crippen molar-refractivity contribution in [1.29, 1.82) is 0 Å². The van der Waals surface area contributed by atoms with E-state index < -0.39 is 0 Å². The lowest BCUT2D eigenvalue weighted by Crippen LogP contribution is -2.32. The molecule has 0 radical (unpaired) electrons. The lowest BCUT2D eigenvalue weighted by Gasteiger charge is -2.17. The fourth-order valence-corrected chi connectivity index (χ4v) is 3.39. The zero-order valence-corrected chi connectivity index (χ0v) is 10.9. The Morgan fingerprint density at radius 1 is 1.19 bits per heavy atom. The summed E-state index contributed by atoms with van der Waals surface area (Å²) in [5, 5.41) is 3.56. The van der Waals surface area contributed by atoms with Crippen LogP contribution in [0.1, 0.15) is 51.9 Å². The van der Waals surface area contributed by atoms with Crippen LogP contribution in [-0.2, 0) is 0 Å². The van der Waals surface area contributed by atoms with Crippen LogP contribution in [0.4, 0.5) is 0 Å². The number of hydrogen-bond acceptors (Lipinski definition) is 2. The molecule has 1 aliphatic heterocycles. The molecular formula is C14H28N2. The quantitative estimate of drug-likeness (QED) is 0.746. The van der Waals surface area contributed by atoms with Crippen molar-refractivity contribution in [3.8, 4) is 0 Å². The van der Waals surface area contributed by atoms with E-state index in [4.69, 9.17) is 0 Å². The largest absolute Gasteiger partial charge is 0.313 e. The molecule has 2 nitrogen and oxygen atoms in total. The van der Waals surface area contributed by atoms with Crippen LogP contribution < -0.4 is 5.32 Å². The Balaban J connectivity index is 1.53. The molecule has 0 spiro atoms. The third-order valence-electron chi connectivity index (χ3n) is 4.33. The van der Waals surface area contributed by atoms with Crippen LogP contribution in [-0.4, -0.2) is 37.1 Å². The molecule has 0 aromatic rings. The molecule has 2 aliphatic rings. The summed E-state index contributed by atoms with van der Waals surface area (Å²) in [4.78, 5) is 2.66. The summed E-state index contributed by atoms with van der Waals surface area (Å²) in [5.41, 5.74) is 0. The van der Waals surface area contributed by atoms with E-state index in [1.165, 1.54) is 64.6 Å². The topological polar surface area (TPSA) is 15.3 Å². The monoisotopic (exact) mass is 224 g/mol. The van der Waals surface area contributed by atoms with Gasteiger partial charge in [-0.2, -0.15) is 0 Å². The first kappa shape index (κ1) is 12.4. The van der Waals surface area contributed by atoms with Gasteiger partial charge in [-0.15, -0.1) is 0 Å². The molecule has 1 aliphatic carbocycles. The fourth-order valence-electron chi connectivity index (χ4n) is 3.39. The molecule has 1 atom stereocenters. The van der Waals surface area contributed by atoms with E-state index in [1.807, 2.05) is 0 Å². The number of nitrogens with zero attached hydrogens (tertiary/aromatic N) is 1. The lowest BCUT2D eigenvalue weighted by atomic mass is 10.0. The highest BCUT2D eigenvalue weighted by atomic mass is 15.2. The predicted molar refractivity (Wildman–Crippen MR) is 69.7 cm³/mol. The highest BCUT2D eigenvalue weighted by Gasteiger charge is 2.21. The van der Waals surface area contributed by atoms with Gasteiger partial charge in [0, 0.05) is 12.6 Å². The highest BCUT2D eigenvalue weighted by Crippen LogP contribution is 2.28. The molecule has 1 heterocycles. The average molecular weight is 224 g/mol. The zero-order valence-electron chi connectivity index (χ0n) is 10.9. The summed E-state index contributed by atoms with van der Waals surface area (Å²) in [5.74, 6) is 1.08. The summed E-state index contributed by atoms with van der Waals surface area (Å²) < 4.78 is 0. The third-order valence-corrected chi connectivity index (χ3v) is 4.33. The second kappa shape index (κ2) is 6.61. The predicted octanol–water partition coefficient (Wildman–Crippen LogP) is 2.64. The van der Waals surface area contributed by atoms with Crippen LogP contribution >= 0.6 is 0 Å². The smallest absolute Gasteiger partial charge is 0.0207 e. The molecule has 0 aromatic heterocycles. The molecule has 1 saturated heterocycles. The van der Waals surface area contributed by atoms with Crippen LogP contribution in [0.3, 0.4) is 0 Å². The van der Waals surface area contributed by atoms with Crippen molar-refractivity contribution in [1.82, 2.24) is 10.2 Å². The van der Waals surface area contributed by atoms with Gasteiger partial charge in [0.2, 0.25) is 0 Å². The molecule has 94 valence electrons. The first-order chi connectivity index (χ1) is 7.88. The number of nitrogens with one attached hydrogen (secondary N) is 1. The molecule has 0 aromatic carbocycles. The Morgan fingerprint density at radius 3 is 2.75 bits per heavy atom. The zero-order chi connectivity index (χ0) is 11.2. The van der Waals surface area contributed by atoms with E-state index in [2.05, 4.69) is 17.1 Å². The minimum absolute atomic E-state index is 0.775. The van der Waals surface area contributed by atoms with Gasteiger partial charge in [0.25, 0.3) is 0 Å². The van der Waals surface area contributed by atoms with Crippen molar-refractivity contribution in [3.05, 3.63) is 0 Å². The molecule has 2 fully saturated rings. The van der Waals surface area contributed by atoms with Gasteiger partial charge < -0.3 is 10.2 Å². The van der Waals surface area contributed by atoms with E-state index in [-0.39, 0.29) is 0 Å². The van der Waals surface area contributed by atoms with Crippen molar-refractivity contribution in [2.24, 2.45) is 5.92 Å². The Labute approximate surface area is 101 Å². The first-order valence-electron chi connectivity index (χ1n) is 7.34. The van der Waals surface area contributed by atoms with Crippen molar-refractivity contribution in [3.63, 3.8) is 0 Å². The SMILES string of the molecule is CCNC1CCN(CCCC2CCCC2)C1. The summed E-state index contributed by atoms with van der Waals surface area (Å²) in [6, 6.07) is 0.775. The van der Waals surface area contributed by atoms with Crippen LogP contribution in [0.5, 0.6) is 0 Å². The van der Waals surface area contributed by atoms with E-state index in [0.29, 0.717) is 0 Å². The number of likely N-dealkylation sites (N-methyl/N-ethyl adjacent to an activating group) is 1. The Morgan fingerprint density at radius 2 is 2.00 bits per heavy atom. The third kappa shape index (κ3) is 3.74. The highest BCUT2D eigenvalue weighted by molar-refractivity contribution is 4.80. The molecule has 16 heavy (non-hydrogen) atoms. The standard InChI is InChI=1S/C14H28N2/c1-2-15-14-9-11-16(12-14)10-5-8-13-6-3-4-7-13/h13-15H,2-12H2,1H3. The first-order valence-corrected chi connectivity index (χ1v) is 7.34. The van der Waals surface area contributed by atoms with Crippen molar-refractivity contribution < 1.29 is 0 Å². The van der Waals surface area contributed by atoms with Crippen LogP contribution in [0.25, 0.3) is 0 Å². The second-order valence-corrected chi connectivity index (χ2v) is 5.64. The van der Waals surface area contributed by atoms with Crippen LogP contribution in [0.15, 0.2) is 0 Å². The molecule has 1 N–H and O–H groups in total. The summed E-state index contributed by atoms with van der Waals surface area (Å²) >= 11 is 0. The van der Waals surface area contributed by atoms with E-state index in [0.717, 1.165) is 18.5 Å². The normalized spacial score (nSPS) is 27.9. The van der Waals surface area contributed by atoms with Gasteiger partial charge in [0.1, 0.15) is 0 Å². The van der Waals surface area contributed by atoms with Gasteiger partial charge >= 0.3 is 0 Å². The Kier molecular flexibility index (Phi) is 5.11. The van der Waals surface area contributed by atoms with E-state index in [9.17, 15) is 0 Å². The maximum atomic E-state index is 3.56. The van der Waals surface area contributed by atoms with E-state index in [1.54, 1.807) is 0 Å². The molecule has 0 bridgehead atoms. The van der Waals surface area contributed by atoms with Gasteiger partial charge in [-0.1, -0.05) is 32.6 Å². The van der Waals surface area contributed by atoms with Crippen LogP contribution in [0.2, 0.25) is 0 Å². The number of hydrogen-bond donors (Lipinski definition) is 1. The van der Waals surface area contributed by atoms with Crippen LogP contribution in [0, 0.1) is 5.92 Å². The minimum atomic E-state index is 0.775. The molecular weight excluding hydrogens is 196 g/mol. The van der Waals surface area contributed by atoms with Crippen molar-refractivity contribution in [2.75, 3.05) is 26.2 Å². The molecule has 1 unspecified atom stereocenters. The minimum Gasteiger partial charge on any atom is -0.313 e. The molecule has 2 rings (SSSR count). The molecule has 1 saturated carbocycles. The average Bonchev–Trinajstić information content (AvgIpc) is 2.90. The summed E-state index contributed by atoms with van der Waals surface area (Å²) in [7, 11) is 0. The second-order valence-electron chi connectivity index (χ2n) is 5.64. The van der Waals surface area contributed by atoms with Crippen molar-refractivity contribution in [2.45, 2.75) is 57.9 Å². The summed E-state index contributed by atoms with van der Waals surface area (Å²) in [6.45, 7) is 7.29. The number of likely N-dealkylation sites (tertiary alicyclic amines) is 1. The fraction of sp³-hybridized carbons (Fsp3) is 1.00. The Bertz CT molecular complexity index is 187. The molecule has 2 heteroatoms. The lowest BCUT2D eigenvalue weighted by molar-refractivity contribution is 0.307. The van der Waals surface area contributed by atoms with E-state index >= 15 is 0 Å². The number of rotatable bonds is 6. The van der Waals surface area contributed by atoms with Gasteiger partial charge in [-0.3, -0.25) is 0 Å². The maximum absolute atomic E-state index is 3.56. The molecule has 0 amide bonds. The Hall–Kier alpha value is -0.0800. The maximum Gasteiger partial charge on any atom is 0.0207 e. The van der Waals surface area contributed by atoms with Gasteiger partial charge in [-0.25, -0.2) is 0 Å². The van der Waals surface area contributed by atoms with Gasteiger partial charge in [0.05, 0.1) is 0 Å².